The van der Waals surface area contributed by atoms with Crippen LogP contribution in [0, 0.1) is 13.8 Å². The van der Waals surface area contributed by atoms with Gasteiger partial charge in [0.05, 0.1) is 30.1 Å². The molecule has 4 aromatic rings. The van der Waals surface area contributed by atoms with E-state index in [2.05, 4.69) is 4.98 Å². The van der Waals surface area contributed by atoms with Gasteiger partial charge in [-0.05, 0) is 55.3 Å². The third-order valence-electron chi connectivity index (χ3n) is 5.96. The first-order valence-corrected chi connectivity index (χ1v) is 10.4. The summed E-state index contributed by atoms with van der Waals surface area (Å²) in [4.78, 5) is 32.2. The highest BCUT2D eigenvalue weighted by atomic mass is 16.3. The number of aromatic hydroxyl groups is 1. The number of amides is 1. The summed E-state index contributed by atoms with van der Waals surface area (Å²) in [6.07, 6.45) is 3.32. The number of likely N-dealkylation sites (tertiary alicyclic amines) is 1. The fourth-order valence-corrected chi connectivity index (χ4v) is 4.29. The van der Waals surface area contributed by atoms with Crippen LogP contribution in [0.2, 0.25) is 0 Å². The number of fused-ring (bicyclic) bond motifs is 1. The summed E-state index contributed by atoms with van der Waals surface area (Å²) >= 11 is 0. The summed E-state index contributed by atoms with van der Waals surface area (Å²) in [5.74, 6) is -1.34. The van der Waals surface area contributed by atoms with Gasteiger partial charge in [0.15, 0.2) is 5.76 Å². The minimum absolute atomic E-state index is 0.0448. The molecule has 1 atom stereocenters. The molecular formula is C25H21N3O5. The van der Waals surface area contributed by atoms with Gasteiger partial charge in [-0.1, -0.05) is 18.2 Å². The summed E-state index contributed by atoms with van der Waals surface area (Å²) < 4.78 is 7.23. The van der Waals surface area contributed by atoms with Crippen LogP contribution in [0.4, 0.5) is 0 Å². The van der Waals surface area contributed by atoms with Crippen LogP contribution in [0.15, 0.2) is 71.0 Å². The molecule has 1 aliphatic heterocycles. The molecule has 1 saturated heterocycles. The van der Waals surface area contributed by atoms with Crippen LogP contribution >= 0.6 is 0 Å². The molecule has 3 aromatic heterocycles. The summed E-state index contributed by atoms with van der Waals surface area (Å²) in [5, 5.41) is 21.1. The maximum Gasteiger partial charge on any atom is 0.296 e. The molecule has 0 radical (unpaired) electrons. The average molecular weight is 443 g/mol. The summed E-state index contributed by atoms with van der Waals surface area (Å²) in [7, 11) is 0. The lowest BCUT2D eigenvalue weighted by Crippen LogP contribution is -2.29. The van der Waals surface area contributed by atoms with E-state index in [1.165, 1.54) is 23.3 Å². The second kappa shape index (κ2) is 7.67. The zero-order chi connectivity index (χ0) is 23.3. The highest BCUT2D eigenvalue weighted by Crippen LogP contribution is 2.41. The number of aryl methyl sites for hydroxylation is 2. The molecule has 8 nitrogen and oxygen atoms in total. The number of aliphatic hydroxyl groups excluding tert-OH is 1. The van der Waals surface area contributed by atoms with Crippen molar-refractivity contribution in [2.75, 3.05) is 0 Å². The zero-order valence-corrected chi connectivity index (χ0v) is 18.0. The number of imidazole rings is 1. The van der Waals surface area contributed by atoms with Gasteiger partial charge < -0.3 is 23.9 Å². The molecule has 1 amide bonds. The van der Waals surface area contributed by atoms with Crippen LogP contribution in [0.25, 0.3) is 11.4 Å². The number of phenolic OH excluding ortho intramolecular Hbond substituents is 1. The van der Waals surface area contributed by atoms with Gasteiger partial charge in [0, 0.05) is 6.20 Å². The zero-order valence-electron chi connectivity index (χ0n) is 18.0. The Hall–Kier alpha value is -4.33. The van der Waals surface area contributed by atoms with Crippen LogP contribution in [0.3, 0.4) is 0 Å². The second-order valence-corrected chi connectivity index (χ2v) is 8.03. The lowest BCUT2D eigenvalue weighted by Gasteiger charge is -2.24. The molecule has 0 spiro atoms. The Morgan fingerprint density at radius 2 is 1.85 bits per heavy atom. The number of Topliss-reactive ketones (excluding diaryl/α,β-unsaturated/α-hetero) is 1. The molecule has 2 N–H and O–H groups in total. The van der Waals surface area contributed by atoms with Gasteiger partial charge in [0.25, 0.3) is 11.7 Å². The smallest absolute Gasteiger partial charge is 0.296 e. The quantitative estimate of drug-likeness (QED) is 0.282. The van der Waals surface area contributed by atoms with E-state index < -0.39 is 17.7 Å². The minimum Gasteiger partial charge on any atom is -0.508 e. The van der Waals surface area contributed by atoms with E-state index in [4.69, 9.17) is 4.42 Å². The summed E-state index contributed by atoms with van der Waals surface area (Å²) in [6, 6.07) is 12.5. The number of aromatic nitrogens is 2. The monoisotopic (exact) mass is 443 g/mol. The number of hydrogen-bond acceptors (Lipinski definition) is 6. The number of carbonyl (C=O) groups excluding carboxylic acids is 2. The Morgan fingerprint density at radius 3 is 2.52 bits per heavy atom. The molecule has 5 rings (SSSR count). The fourth-order valence-electron chi connectivity index (χ4n) is 4.29. The second-order valence-electron chi connectivity index (χ2n) is 8.03. The molecule has 1 aromatic carbocycles. The van der Waals surface area contributed by atoms with Gasteiger partial charge in [-0.15, -0.1) is 0 Å². The van der Waals surface area contributed by atoms with E-state index in [1.807, 2.05) is 29.7 Å². The highest BCUT2D eigenvalue weighted by molar-refractivity contribution is 6.46. The van der Waals surface area contributed by atoms with Crippen molar-refractivity contribution in [2.24, 2.45) is 0 Å². The van der Waals surface area contributed by atoms with Crippen LogP contribution in [0.1, 0.15) is 34.3 Å². The number of rotatable bonds is 4. The Kier molecular flexibility index (Phi) is 4.78. The molecule has 1 unspecified atom stereocenters. The van der Waals surface area contributed by atoms with E-state index in [-0.39, 0.29) is 29.3 Å². The van der Waals surface area contributed by atoms with E-state index in [9.17, 15) is 19.8 Å². The SMILES string of the molecule is Cc1cccn2c(C)c(C(O)=C3C(=O)C(=O)N(Cc4ccco4)C3c3ccc(O)cc3)nc12. The Bertz CT molecular complexity index is 1410. The van der Waals surface area contributed by atoms with E-state index in [1.54, 1.807) is 31.2 Å². The van der Waals surface area contributed by atoms with Gasteiger partial charge in [0.1, 0.15) is 22.9 Å². The van der Waals surface area contributed by atoms with Crippen molar-refractivity contribution in [2.45, 2.75) is 26.4 Å². The van der Waals surface area contributed by atoms with Gasteiger partial charge in [-0.25, -0.2) is 4.98 Å². The van der Waals surface area contributed by atoms with E-state index >= 15 is 0 Å². The van der Waals surface area contributed by atoms with Crippen molar-refractivity contribution in [1.29, 1.82) is 0 Å². The lowest BCUT2D eigenvalue weighted by molar-refractivity contribution is -0.140. The average Bonchev–Trinajstić information content (AvgIpc) is 3.49. The van der Waals surface area contributed by atoms with Crippen LogP contribution < -0.4 is 0 Å². The maximum absolute atomic E-state index is 13.2. The maximum atomic E-state index is 13.2. The summed E-state index contributed by atoms with van der Waals surface area (Å²) in [5.41, 5.74) is 2.96. The number of phenols is 1. The Morgan fingerprint density at radius 1 is 1.09 bits per heavy atom. The Balaban J connectivity index is 1.71. The van der Waals surface area contributed by atoms with Gasteiger partial charge >= 0.3 is 0 Å². The molecule has 0 saturated carbocycles. The number of pyridine rings is 1. The normalized spacial score (nSPS) is 17.9. The molecule has 33 heavy (non-hydrogen) atoms. The molecule has 1 aliphatic rings. The molecule has 0 bridgehead atoms. The van der Waals surface area contributed by atoms with Crippen LogP contribution in [0.5, 0.6) is 5.75 Å². The van der Waals surface area contributed by atoms with Crippen molar-refractivity contribution in [3.8, 4) is 5.75 Å². The molecule has 1 fully saturated rings. The van der Waals surface area contributed by atoms with Crippen LogP contribution in [-0.4, -0.2) is 36.2 Å². The van der Waals surface area contributed by atoms with Crippen molar-refractivity contribution in [3.05, 3.63) is 94.8 Å². The first-order valence-electron chi connectivity index (χ1n) is 10.4. The number of furan rings is 1. The number of hydrogen-bond donors (Lipinski definition) is 2. The van der Waals surface area contributed by atoms with Crippen molar-refractivity contribution < 1.29 is 24.2 Å². The number of nitrogens with zero attached hydrogens (tertiary/aromatic N) is 3. The van der Waals surface area contributed by atoms with Crippen molar-refractivity contribution in [1.82, 2.24) is 14.3 Å². The van der Waals surface area contributed by atoms with Gasteiger partial charge in [-0.2, -0.15) is 0 Å². The third kappa shape index (κ3) is 3.27. The topological polar surface area (TPSA) is 108 Å². The number of ketones is 1. The molecular weight excluding hydrogens is 422 g/mol. The van der Waals surface area contributed by atoms with Crippen molar-refractivity contribution >= 4 is 23.1 Å². The van der Waals surface area contributed by atoms with Crippen molar-refractivity contribution in [3.63, 3.8) is 0 Å². The first-order chi connectivity index (χ1) is 15.9. The van der Waals surface area contributed by atoms with Gasteiger partial charge in [-0.3, -0.25) is 9.59 Å². The molecule has 0 aliphatic carbocycles. The summed E-state index contributed by atoms with van der Waals surface area (Å²) in [6.45, 7) is 3.75. The lowest BCUT2D eigenvalue weighted by atomic mass is 9.96. The fraction of sp³-hybridized carbons (Fsp3) is 0.160. The molecule has 166 valence electrons. The molecule has 8 heteroatoms. The Labute approximate surface area is 189 Å². The van der Waals surface area contributed by atoms with E-state index in [0.717, 1.165) is 5.56 Å². The first kappa shape index (κ1) is 20.6. The van der Waals surface area contributed by atoms with E-state index in [0.29, 0.717) is 22.7 Å². The predicted octanol–water partition coefficient (Wildman–Crippen LogP) is 3.87. The highest BCUT2D eigenvalue weighted by Gasteiger charge is 2.46. The third-order valence-corrected chi connectivity index (χ3v) is 5.96. The molecule has 4 heterocycles. The minimum atomic E-state index is -0.874. The predicted molar refractivity (Wildman–Crippen MR) is 119 cm³/mol. The van der Waals surface area contributed by atoms with Gasteiger partial charge in [0.2, 0.25) is 0 Å². The van der Waals surface area contributed by atoms with Crippen LogP contribution in [-0.2, 0) is 16.1 Å². The largest absolute Gasteiger partial charge is 0.508 e. The number of benzene rings is 1. The number of aliphatic hydroxyl groups is 1. The standard InChI is InChI=1S/C25H21N3O5/c1-14-5-3-11-27-15(2)20(26-24(14)27)22(30)19-21(16-7-9-17(29)10-8-16)28(25(32)23(19)31)13-18-6-4-12-33-18/h3-12,21,29-30H,13H2,1-2H3. The number of carbonyl (C=O) groups is 2.